The first kappa shape index (κ1) is 12.1. The molecule has 0 spiro atoms. The molecule has 0 radical (unpaired) electrons. The molecular weight excluding hydrogens is 280 g/mol. The summed E-state index contributed by atoms with van der Waals surface area (Å²) >= 11 is 0. The Hall–Kier alpha value is -2.46. The Balaban J connectivity index is 1.94. The van der Waals surface area contributed by atoms with E-state index in [2.05, 4.69) is 0 Å². The summed E-state index contributed by atoms with van der Waals surface area (Å²) in [6.07, 6.45) is 0. The summed E-state index contributed by atoms with van der Waals surface area (Å²) in [6.45, 7) is 0. The van der Waals surface area contributed by atoms with Crippen LogP contribution < -0.4 is 0 Å². The Bertz CT molecular complexity index is 806. The van der Waals surface area contributed by atoms with Crippen LogP contribution in [0.2, 0.25) is 0 Å². The van der Waals surface area contributed by atoms with Crippen molar-refractivity contribution in [1.29, 1.82) is 0 Å². The molecule has 1 N–H and O–H groups in total. The minimum Gasteiger partial charge on any atom is -0.393 e. The minimum atomic E-state index is -1.49. The second-order valence-electron chi connectivity index (χ2n) is 6.16. The fourth-order valence-corrected chi connectivity index (χ4v) is 4.54. The largest absolute Gasteiger partial charge is 0.393 e. The molecule has 1 fully saturated rings. The highest BCUT2D eigenvalue weighted by molar-refractivity contribution is 6.00. The summed E-state index contributed by atoms with van der Waals surface area (Å²) in [5, 5.41) is 11.5. The normalized spacial score (nSPS) is 34.0. The van der Waals surface area contributed by atoms with Gasteiger partial charge in [-0.25, -0.2) is 0 Å². The number of hydrogen-bond acceptors (Lipinski definition) is 4. The van der Waals surface area contributed by atoms with E-state index in [-0.39, 0.29) is 5.92 Å². The molecule has 2 atom stereocenters. The van der Waals surface area contributed by atoms with E-state index in [0.29, 0.717) is 11.1 Å². The zero-order valence-electron chi connectivity index (χ0n) is 11.5. The van der Waals surface area contributed by atoms with Crippen molar-refractivity contribution in [3.8, 4) is 0 Å². The van der Waals surface area contributed by atoms with E-state index in [1.165, 1.54) is 0 Å². The number of cyclic esters (lactones) is 2. The molecule has 0 amide bonds. The van der Waals surface area contributed by atoms with Crippen LogP contribution in [-0.4, -0.2) is 17.0 Å². The maximum absolute atomic E-state index is 12.2. The SMILES string of the molecule is O=C1OC(=O)[C@H]2C3c4ccccc4C(O)(c4ccccc43)[C@H]12. The molecule has 1 saturated heterocycles. The van der Waals surface area contributed by atoms with Gasteiger partial charge in [0, 0.05) is 5.92 Å². The molecule has 0 unspecified atom stereocenters. The topological polar surface area (TPSA) is 63.6 Å². The first-order valence-corrected chi connectivity index (χ1v) is 7.30. The van der Waals surface area contributed by atoms with Crippen molar-refractivity contribution >= 4 is 11.9 Å². The van der Waals surface area contributed by atoms with Crippen LogP contribution in [-0.2, 0) is 19.9 Å². The van der Waals surface area contributed by atoms with Crippen LogP contribution in [0, 0.1) is 11.8 Å². The van der Waals surface area contributed by atoms with Gasteiger partial charge in [-0.05, 0) is 22.3 Å². The van der Waals surface area contributed by atoms with Crippen molar-refractivity contribution in [2.24, 2.45) is 11.8 Å². The zero-order chi connectivity index (χ0) is 15.1. The zero-order valence-corrected chi connectivity index (χ0v) is 11.5. The summed E-state index contributed by atoms with van der Waals surface area (Å²) in [5.74, 6) is -2.86. The Morgan fingerprint density at radius 1 is 0.864 bits per heavy atom. The smallest absolute Gasteiger partial charge is 0.321 e. The number of carbonyl (C=O) groups excluding carboxylic acids is 2. The lowest BCUT2D eigenvalue weighted by Gasteiger charge is -2.50. The standard InChI is InChI=1S/C18H12O4/c19-16-14-13-9-5-1-3-7-11(9)18(21,15(14)17(20)22-16)12-8-4-2-6-10(12)13/h1-8,13-15,21H/t13?,14-,15-,18?/m0/s1. The highest BCUT2D eigenvalue weighted by Gasteiger charge is 2.67. The molecule has 4 aliphatic rings. The Morgan fingerprint density at radius 3 is 2.00 bits per heavy atom. The highest BCUT2D eigenvalue weighted by atomic mass is 16.6. The summed E-state index contributed by atoms with van der Waals surface area (Å²) in [7, 11) is 0. The second kappa shape index (κ2) is 3.65. The third-order valence-electron chi connectivity index (χ3n) is 5.31. The van der Waals surface area contributed by atoms with Crippen LogP contribution in [0.3, 0.4) is 0 Å². The van der Waals surface area contributed by atoms with Gasteiger partial charge in [0.05, 0.1) is 5.92 Å². The lowest BCUT2D eigenvalue weighted by molar-refractivity contribution is -0.155. The molecular formula is C18H12O4. The summed E-state index contributed by atoms with van der Waals surface area (Å²) < 4.78 is 4.88. The van der Waals surface area contributed by atoms with Gasteiger partial charge in [0.15, 0.2) is 0 Å². The van der Waals surface area contributed by atoms with Crippen LogP contribution in [0.4, 0.5) is 0 Å². The van der Waals surface area contributed by atoms with Crippen LogP contribution in [0.25, 0.3) is 0 Å². The lowest BCUT2D eigenvalue weighted by atomic mass is 9.52. The molecule has 0 aromatic heterocycles. The van der Waals surface area contributed by atoms with Crippen LogP contribution in [0.5, 0.6) is 0 Å². The Labute approximate surface area is 126 Å². The van der Waals surface area contributed by atoms with Gasteiger partial charge in [-0.2, -0.15) is 0 Å². The number of ether oxygens (including phenoxy) is 1. The average molecular weight is 292 g/mol. The van der Waals surface area contributed by atoms with Gasteiger partial charge >= 0.3 is 11.9 Å². The van der Waals surface area contributed by atoms with Crippen molar-refractivity contribution in [3.05, 3.63) is 70.8 Å². The molecule has 1 heterocycles. The maximum atomic E-state index is 12.2. The fraction of sp³-hybridized carbons (Fsp3) is 0.222. The molecule has 4 nitrogen and oxygen atoms in total. The van der Waals surface area contributed by atoms with E-state index in [4.69, 9.17) is 4.74 Å². The van der Waals surface area contributed by atoms with Gasteiger partial charge in [-0.15, -0.1) is 0 Å². The van der Waals surface area contributed by atoms with Crippen molar-refractivity contribution in [2.75, 3.05) is 0 Å². The van der Waals surface area contributed by atoms with Gasteiger partial charge < -0.3 is 9.84 Å². The molecule has 2 aromatic carbocycles. The first-order chi connectivity index (χ1) is 10.6. The van der Waals surface area contributed by atoms with Crippen molar-refractivity contribution in [2.45, 2.75) is 11.5 Å². The molecule has 3 aliphatic carbocycles. The highest BCUT2D eigenvalue weighted by Crippen LogP contribution is 2.62. The van der Waals surface area contributed by atoms with Crippen LogP contribution >= 0.6 is 0 Å². The fourth-order valence-electron chi connectivity index (χ4n) is 4.54. The third kappa shape index (κ3) is 1.12. The van der Waals surface area contributed by atoms with E-state index < -0.39 is 29.4 Å². The monoisotopic (exact) mass is 292 g/mol. The number of aliphatic hydroxyl groups is 1. The Kier molecular flexibility index (Phi) is 2.01. The quantitative estimate of drug-likeness (QED) is 0.593. The summed E-state index contributed by atoms with van der Waals surface area (Å²) in [4.78, 5) is 24.4. The van der Waals surface area contributed by atoms with Crippen molar-refractivity contribution in [1.82, 2.24) is 0 Å². The molecule has 108 valence electrons. The van der Waals surface area contributed by atoms with E-state index in [0.717, 1.165) is 11.1 Å². The molecule has 4 heteroatoms. The summed E-state index contributed by atoms with van der Waals surface area (Å²) in [5.41, 5.74) is 1.77. The molecule has 6 rings (SSSR count). The summed E-state index contributed by atoms with van der Waals surface area (Å²) in [6, 6.07) is 15.0. The maximum Gasteiger partial charge on any atom is 0.321 e. The van der Waals surface area contributed by atoms with Crippen molar-refractivity contribution < 1.29 is 19.4 Å². The van der Waals surface area contributed by atoms with Gasteiger partial charge in [0.2, 0.25) is 0 Å². The Morgan fingerprint density at radius 2 is 1.41 bits per heavy atom. The number of benzene rings is 2. The van der Waals surface area contributed by atoms with Gasteiger partial charge in [0.25, 0.3) is 0 Å². The first-order valence-electron chi connectivity index (χ1n) is 7.30. The molecule has 2 aromatic rings. The third-order valence-corrected chi connectivity index (χ3v) is 5.31. The number of hydrogen-bond donors (Lipinski definition) is 1. The lowest BCUT2D eigenvalue weighted by Crippen LogP contribution is -2.53. The minimum absolute atomic E-state index is 0.231. The molecule has 22 heavy (non-hydrogen) atoms. The van der Waals surface area contributed by atoms with Crippen LogP contribution in [0.15, 0.2) is 48.5 Å². The van der Waals surface area contributed by atoms with Crippen molar-refractivity contribution in [3.63, 3.8) is 0 Å². The predicted octanol–water partition coefficient (Wildman–Crippen LogP) is 1.70. The van der Waals surface area contributed by atoms with Gasteiger partial charge in [-0.1, -0.05) is 48.5 Å². The van der Waals surface area contributed by atoms with E-state index in [9.17, 15) is 14.7 Å². The van der Waals surface area contributed by atoms with Gasteiger partial charge in [0.1, 0.15) is 11.5 Å². The van der Waals surface area contributed by atoms with E-state index >= 15 is 0 Å². The predicted molar refractivity (Wildman–Crippen MR) is 75.8 cm³/mol. The second-order valence-corrected chi connectivity index (χ2v) is 6.16. The number of esters is 2. The van der Waals surface area contributed by atoms with Crippen LogP contribution in [0.1, 0.15) is 28.2 Å². The van der Waals surface area contributed by atoms with E-state index in [1.54, 1.807) is 0 Å². The van der Waals surface area contributed by atoms with E-state index in [1.807, 2.05) is 48.5 Å². The van der Waals surface area contributed by atoms with Gasteiger partial charge in [-0.3, -0.25) is 9.59 Å². The number of carbonyl (C=O) groups is 2. The molecule has 0 saturated carbocycles. The average Bonchev–Trinajstić information content (AvgIpc) is 2.84. The number of rotatable bonds is 0. The molecule has 2 bridgehead atoms. The molecule has 1 aliphatic heterocycles.